The summed E-state index contributed by atoms with van der Waals surface area (Å²) >= 11 is 7.80. The minimum atomic E-state index is -0.332. The second-order valence-electron chi connectivity index (χ2n) is 8.98. The Kier molecular flexibility index (Phi) is 6.44. The lowest BCUT2D eigenvalue weighted by Gasteiger charge is -2.37. The van der Waals surface area contributed by atoms with Crippen LogP contribution >= 0.6 is 23.4 Å². The van der Waals surface area contributed by atoms with E-state index in [1.165, 1.54) is 5.56 Å². The topological polar surface area (TPSA) is 64.2 Å². The molecule has 3 aliphatic rings. The first-order chi connectivity index (χ1) is 16.4. The lowest BCUT2D eigenvalue weighted by molar-refractivity contribution is -0.153. The maximum atomic E-state index is 13.1. The average molecular weight is 499 g/mol. The van der Waals surface area contributed by atoms with Crippen molar-refractivity contribution in [2.75, 3.05) is 49.3 Å². The number of carbonyl (C=O) groups excluding carboxylic acids is 3. The Morgan fingerprint density at radius 2 is 1.79 bits per heavy atom. The number of hydrogen-bond donors (Lipinski definition) is 0. The number of benzene rings is 2. The maximum absolute atomic E-state index is 13.1. The lowest BCUT2D eigenvalue weighted by Crippen LogP contribution is -2.57. The van der Waals surface area contributed by atoms with Gasteiger partial charge >= 0.3 is 0 Å². The van der Waals surface area contributed by atoms with E-state index in [9.17, 15) is 14.4 Å². The van der Waals surface area contributed by atoms with Gasteiger partial charge in [-0.05, 0) is 42.3 Å². The third-order valence-corrected chi connectivity index (χ3v) is 8.03. The second kappa shape index (κ2) is 9.50. The van der Waals surface area contributed by atoms with Crippen LogP contribution < -0.4 is 4.90 Å². The quantitative estimate of drug-likeness (QED) is 0.648. The Bertz CT molecular complexity index is 1120. The van der Waals surface area contributed by atoms with Crippen LogP contribution in [0.3, 0.4) is 0 Å². The van der Waals surface area contributed by atoms with E-state index in [1.807, 2.05) is 47.4 Å². The summed E-state index contributed by atoms with van der Waals surface area (Å²) in [5, 5.41) is 0.717. The van der Waals surface area contributed by atoms with Gasteiger partial charge < -0.3 is 19.6 Å². The van der Waals surface area contributed by atoms with Gasteiger partial charge in [0.1, 0.15) is 12.6 Å². The highest BCUT2D eigenvalue weighted by atomic mass is 35.5. The highest BCUT2D eigenvalue weighted by Gasteiger charge is 2.42. The minimum absolute atomic E-state index is 0.00788. The van der Waals surface area contributed by atoms with Crippen molar-refractivity contribution in [3.8, 4) is 0 Å². The Balaban J connectivity index is 1.19. The molecule has 0 radical (unpaired) electrons. The molecule has 3 saturated heterocycles. The van der Waals surface area contributed by atoms with Crippen LogP contribution in [0.25, 0.3) is 0 Å². The molecular weight excluding hydrogens is 472 g/mol. The first-order valence-corrected chi connectivity index (χ1v) is 13.0. The van der Waals surface area contributed by atoms with Gasteiger partial charge in [0, 0.05) is 54.8 Å². The van der Waals surface area contributed by atoms with Crippen molar-refractivity contribution in [1.82, 2.24) is 14.7 Å². The van der Waals surface area contributed by atoms with Gasteiger partial charge in [-0.25, -0.2) is 0 Å². The first-order valence-electron chi connectivity index (χ1n) is 11.5. The predicted molar refractivity (Wildman–Crippen MR) is 134 cm³/mol. The molecule has 9 heteroatoms. The molecule has 3 aliphatic heterocycles. The summed E-state index contributed by atoms with van der Waals surface area (Å²) in [4.78, 5) is 45.6. The second-order valence-corrected chi connectivity index (χ2v) is 10.4. The van der Waals surface area contributed by atoms with Gasteiger partial charge in [-0.1, -0.05) is 29.8 Å². The number of thioether (sulfide) groups is 1. The summed E-state index contributed by atoms with van der Waals surface area (Å²) in [6.45, 7) is 5.37. The summed E-state index contributed by atoms with van der Waals surface area (Å²) in [7, 11) is 0. The molecule has 1 atom stereocenters. The van der Waals surface area contributed by atoms with Gasteiger partial charge in [0.05, 0.1) is 5.88 Å². The SMILES string of the molecule is Cc1ccc(Cl)cc1N1CCN(C(=O)c2ccc(CN3CC(=O)N4CSC[C@H]4C3=O)cc2)CC1. The normalized spacial score (nSPS) is 20.7. The number of hydrogen-bond acceptors (Lipinski definition) is 5. The Morgan fingerprint density at radius 1 is 1.06 bits per heavy atom. The highest BCUT2D eigenvalue weighted by Crippen LogP contribution is 2.27. The van der Waals surface area contributed by atoms with Gasteiger partial charge in [-0.2, -0.15) is 0 Å². The van der Waals surface area contributed by atoms with Crippen LogP contribution in [0.2, 0.25) is 5.02 Å². The predicted octanol–water partition coefficient (Wildman–Crippen LogP) is 2.85. The zero-order valence-corrected chi connectivity index (χ0v) is 20.6. The van der Waals surface area contributed by atoms with Crippen molar-refractivity contribution in [1.29, 1.82) is 0 Å². The molecule has 0 N–H and O–H groups in total. The molecule has 2 aromatic rings. The minimum Gasteiger partial charge on any atom is -0.368 e. The van der Waals surface area contributed by atoms with Crippen molar-refractivity contribution < 1.29 is 14.4 Å². The van der Waals surface area contributed by atoms with Gasteiger partial charge in [0.15, 0.2) is 0 Å². The largest absolute Gasteiger partial charge is 0.368 e. The standard InChI is InChI=1S/C25H27ClN4O3S/c1-17-2-7-20(26)12-21(17)27-8-10-28(11-9-27)24(32)19-5-3-18(4-6-19)13-29-14-23(31)30-16-34-15-22(30)25(29)33/h2-7,12,22H,8-11,13-16H2,1H3/t22-/m0/s1. The number of aryl methyl sites for hydroxylation is 1. The molecular formula is C25H27ClN4O3S. The van der Waals surface area contributed by atoms with Gasteiger partial charge in [0.25, 0.3) is 5.91 Å². The van der Waals surface area contributed by atoms with Crippen LogP contribution in [0, 0.1) is 6.92 Å². The third kappa shape index (κ3) is 4.49. The number of piperazine rings is 2. The zero-order chi connectivity index (χ0) is 23.8. The van der Waals surface area contributed by atoms with Crippen molar-refractivity contribution in [2.45, 2.75) is 19.5 Å². The van der Waals surface area contributed by atoms with E-state index >= 15 is 0 Å². The van der Waals surface area contributed by atoms with E-state index in [2.05, 4.69) is 11.8 Å². The molecule has 2 aromatic carbocycles. The molecule has 34 heavy (non-hydrogen) atoms. The molecule has 0 spiro atoms. The van der Waals surface area contributed by atoms with Crippen molar-refractivity contribution >= 4 is 46.8 Å². The number of fused-ring (bicyclic) bond motifs is 1. The molecule has 0 aliphatic carbocycles. The first kappa shape index (κ1) is 23.1. The molecule has 0 saturated carbocycles. The van der Waals surface area contributed by atoms with Crippen LogP contribution in [0.5, 0.6) is 0 Å². The van der Waals surface area contributed by atoms with Crippen molar-refractivity contribution in [3.63, 3.8) is 0 Å². The Morgan fingerprint density at radius 3 is 2.53 bits per heavy atom. The number of rotatable bonds is 4. The fourth-order valence-corrected chi connectivity index (χ4v) is 6.14. The van der Waals surface area contributed by atoms with Crippen LogP contribution in [-0.2, 0) is 16.1 Å². The summed E-state index contributed by atoms with van der Waals surface area (Å²) in [5.74, 6) is 1.30. The number of carbonyl (C=O) groups is 3. The molecule has 0 unspecified atom stereocenters. The fraction of sp³-hybridized carbons (Fsp3) is 0.400. The van der Waals surface area contributed by atoms with Crippen LogP contribution in [0.15, 0.2) is 42.5 Å². The number of amides is 3. The van der Waals surface area contributed by atoms with Crippen molar-refractivity contribution in [2.24, 2.45) is 0 Å². The highest BCUT2D eigenvalue weighted by molar-refractivity contribution is 7.99. The Labute approximate surface area is 208 Å². The summed E-state index contributed by atoms with van der Waals surface area (Å²) in [6, 6.07) is 13.0. The third-order valence-electron chi connectivity index (χ3n) is 6.78. The van der Waals surface area contributed by atoms with Gasteiger partial charge in [0.2, 0.25) is 11.8 Å². The van der Waals surface area contributed by atoms with E-state index in [4.69, 9.17) is 11.6 Å². The molecule has 0 bridgehead atoms. The summed E-state index contributed by atoms with van der Waals surface area (Å²) < 4.78 is 0. The van der Waals surface area contributed by atoms with Crippen molar-refractivity contribution in [3.05, 3.63) is 64.2 Å². The monoisotopic (exact) mass is 498 g/mol. The van der Waals surface area contributed by atoms with Crippen LogP contribution in [0.1, 0.15) is 21.5 Å². The van der Waals surface area contributed by atoms with Gasteiger partial charge in [-0.15, -0.1) is 11.8 Å². The molecule has 0 aromatic heterocycles. The van der Waals surface area contributed by atoms with E-state index < -0.39 is 0 Å². The van der Waals surface area contributed by atoms with E-state index in [1.54, 1.807) is 21.6 Å². The van der Waals surface area contributed by atoms with E-state index in [0.717, 1.165) is 24.3 Å². The van der Waals surface area contributed by atoms with E-state index in [0.29, 0.717) is 41.8 Å². The smallest absolute Gasteiger partial charge is 0.253 e. The molecule has 3 fully saturated rings. The molecule has 7 nitrogen and oxygen atoms in total. The molecule has 3 heterocycles. The fourth-order valence-electron chi connectivity index (χ4n) is 4.80. The number of nitrogens with zero attached hydrogens (tertiary/aromatic N) is 4. The lowest BCUT2D eigenvalue weighted by atomic mass is 10.1. The molecule has 3 amide bonds. The molecule has 178 valence electrons. The van der Waals surface area contributed by atoms with Crippen LogP contribution in [0.4, 0.5) is 5.69 Å². The summed E-state index contributed by atoms with van der Waals surface area (Å²) in [5.41, 5.74) is 3.84. The van der Waals surface area contributed by atoms with E-state index in [-0.39, 0.29) is 30.3 Å². The number of anilines is 1. The Hall–Kier alpha value is -2.71. The zero-order valence-electron chi connectivity index (χ0n) is 19.1. The number of halogens is 1. The summed E-state index contributed by atoms with van der Waals surface area (Å²) in [6.07, 6.45) is 0. The van der Waals surface area contributed by atoms with Crippen LogP contribution in [-0.4, -0.2) is 82.8 Å². The maximum Gasteiger partial charge on any atom is 0.253 e. The molecule has 5 rings (SSSR count). The average Bonchev–Trinajstić information content (AvgIpc) is 3.35. The van der Waals surface area contributed by atoms with Gasteiger partial charge in [-0.3, -0.25) is 14.4 Å².